The van der Waals surface area contributed by atoms with Gasteiger partial charge < -0.3 is 4.57 Å². The lowest BCUT2D eigenvalue weighted by Gasteiger charge is -2.07. The number of carbonyl (C=O) groups is 1. The second kappa shape index (κ2) is 9.58. The van der Waals surface area contributed by atoms with E-state index in [1.54, 1.807) is 0 Å². The number of amides is 1. The predicted molar refractivity (Wildman–Crippen MR) is 127 cm³/mol. The number of thioether (sulfide) groups is 1. The van der Waals surface area contributed by atoms with Crippen LogP contribution in [0.2, 0.25) is 0 Å². The number of rotatable bonds is 7. The zero-order valence-electron chi connectivity index (χ0n) is 17.9. The van der Waals surface area contributed by atoms with Crippen molar-refractivity contribution < 1.29 is 18.0 Å². The topological polar surface area (TPSA) is 98.5 Å². The Morgan fingerprint density at radius 2 is 1.77 bits per heavy atom. The van der Waals surface area contributed by atoms with Gasteiger partial charge in [0.25, 0.3) is 0 Å². The van der Waals surface area contributed by atoms with Crippen molar-refractivity contribution in [1.82, 2.24) is 29.9 Å². The van der Waals surface area contributed by atoms with Crippen molar-refractivity contribution in [3.8, 4) is 0 Å². The van der Waals surface area contributed by atoms with E-state index >= 15 is 0 Å². The fourth-order valence-electron chi connectivity index (χ4n) is 3.54. The summed E-state index contributed by atoms with van der Waals surface area (Å²) in [7, 11) is 0. The molecule has 1 amide bonds. The molecule has 8 nitrogen and oxygen atoms in total. The summed E-state index contributed by atoms with van der Waals surface area (Å²) in [4.78, 5) is 16.9. The molecule has 35 heavy (non-hydrogen) atoms. The first-order chi connectivity index (χ1) is 16.9. The lowest BCUT2D eigenvalue weighted by molar-refractivity contribution is -0.138. The van der Waals surface area contributed by atoms with Crippen LogP contribution < -0.4 is 5.32 Å². The SMILES string of the molecule is O=C(CSc1nnc2c3ccccc3n(CCc3ccccc3)c2n1)Nc1nnc(C(F)(F)F)s1. The summed E-state index contributed by atoms with van der Waals surface area (Å²) >= 11 is 1.30. The number of alkyl halides is 3. The van der Waals surface area contributed by atoms with Crippen molar-refractivity contribution in [2.75, 3.05) is 11.1 Å². The lowest BCUT2D eigenvalue weighted by atomic mass is 10.1. The van der Waals surface area contributed by atoms with Gasteiger partial charge in [0, 0.05) is 11.9 Å². The molecule has 0 spiro atoms. The van der Waals surface area contributed by atoms with E-state index in [1.807, 2.05) is 42.5 Å². The fraction of sp³-hybridized carbons (Fsp3) is 0.182. The van der Waals surface area contributed by atoms with Gasteiger partial charge in [0.05, 0.1) is 11.3 Å². The quantitative estimate of drug-likeness (QED) is 0.310. The first kappa shape index (κ1) is 23.2. The largest absolute Gasteiger partial charge is 0.445 e. The second-order valence-electron chi connectivity index (χ2n) is 7.42. The Hall–Kier alpha value is -3.58. The third kappa shape index (κ3) is 5.10. The first-order valence-electron chi connectivity index (χ1n) is 10.4. The van der Waals surface area contributed by atoms with E-state index in [-0.39, 0.29) is 27.4 Å². The van der Waals surface area contributed by atoms with Gasteiger partial charge in [-0.25, -0.2) is 4.98 Å². The van der Waals surface area contributed by atoms with Crippen molar-refractivity contribution in [3.63, 3.8) is 0 Å². The highest BCUT2D eigenvalue weighted by Gasteiger charge is 2.35. The van der Waals surface area contributed by atoms with Crippen molar-refractivity contribution in [3.05, 3.63) is 65.2 Å². The third-order valence-electron chi connectivity index (χ3n) is 5.07. The summed E-state index contributed by atoms with van der Waals surface area (Å²) in [6.07, 6.45) is -3.81. The summed E-state index contributed by atoms with van der Waals surface area (Å²) in [5.41, 5.74) is 3.49. The molecule has 0 bridgehead atoms. The Balaban J connectivity index is 1.34. The molecule has 0 aliphatic heterocycles. The van der Waals surface area contributed by atoms with Crippen molar-refractivity contribution >= 4 is 56.2 Å². The van der Waals surface area contributed by atoms with E-state index in [0.29, 0.717) is 17.7 Å². The zero-order valence-corrected chi connectivity index (χ0v) is 19.5. The molecular weight excluding hydrogens is 499 g/mol. The van der Waals surface area contributed by atoms with Crippen LogP contribution in [-0.2, 0) is 23.9 Å². The van der Waals surface area contributed by atoms with E-state index in [9.17, 15) is 18.0 Å². The second-order valence-corrected chi connectivity index (χ2v) is 9.34. The van der Waals surface area contributed by atoms with Gasteiger partial charge in [-0.15, -0.1) is 20.4 Å². The molecule has 5 aromatic rings. The minimum atomic E-state index is -4.61. The first-order valence-corrected chi connectivity index (χ1v) is 12.2. The number of nitrogens with one attached hydrogen (secondary N) is 1. The van der Waals surface area contributed by atoms with E-state index in [0.717, 1.165) is 29.1 Å². The van der Waals surface area contributed by atoms with E-state index < -0.39 is 17.1 Å². The number of para-hydroxylation sites is 1. The summed E-state index contributed by atoms with van der Waals surface area (Å²) in [6.45, 7) is 0.676. The summed E-state index contributed by atoms with van der Waals surface area (Å²) < 4.78 is 40.1. The van der Waals surface area contributed by atoms with Gasteiger partial charge in [0.2, 0.25) is 21.2 Å². The number of benzene rings is 2. The summed E-state index contributed by atoms with van der Waals surface area (Å²) in [6, 6.07) is 17.9. The molecular formula is C22H16F3N7OS2. The van der Waals surface area contributed by atoms with Crippen LogP contribution in [0.25, 0.3) is 22.1 Å². The maximum absolute atomic E-state index is 12.7. The van der Waals surface area contributed by atoms with Crippen LogP contribution in [-0.4, -0.2) is 41.6 Å². The Labute approximate surface area is 204 Å². The van der Waals surface area contributed by atoms with Gasteiger partial charge in [-0.1, -0.05) is 71.6 Å². The Bertz CT molecular complexity index is 1500. The number of aromatic nitrogens is 6. The van der Waals surface area contributed by atoms with Crippen LogP contribution in [0.4, 0.5) is 18.3 Å². The summed E-state index contributed by atoms with van der Waals surface area (Å²) in [5, 5.41) is 17.1. The fourth-order valence-corrected chi connectivity index (χ4v) is 4.75. The zero-order chi connectivity index (χ0) is 24.4. The molecule has 0 aliphatic rings. The molecule has 2 aromatic carbocycles. The van der Waals surface area contributed by atoms with Crippen LogP contribution in [0, 0.1) is 0 Å². The predicted octanol–water partition coefficient (Wildman–Crippen LogP) is 4.82. The number of halogens is 3. The van der Waals surface area contributed by atoms with Gasteiger partial charge in [-0.3, -0.25) is 10.1 Å². The normalized spacial score (nSPS) is 11.9. The summed E-state index contributed by atoms with van der Waals surface area (Å²) in [5.74, 6) is -0.675. The maximum atomic E-state index is 12.7. The van der Waals surface area contributed by atoms with Crippen LogP contribution in [0.3, 0.4) is 0 Å². The number of fused-ring (bicyclic) bond motifs is 3. The standard InChI is InChI=1S/C22H16F3N7OS2/c23-22(24,25)19-29-31-21(35-19)26-16(33)12-34-20-27-18-17(28-30-20)14-8-4-5-9-15(14)32(18)11-10-13-6-2-1-3-7-13/h1-9H,10-12H2,(H,26,31,33). The molecule has 178 valence electrons. The van der Waals surface area contributed by atoms with Gasteiger partial charge >= 0.3 is 6.18 Å². The highest BCUT2D eigenvalue weighted by molar-refractivity contribution is 7.99. The van der Waals surface area contributed by atoms with Gasteiger partial charge in [-0.05, 0) is 18.1 Å². The Morgan fingerprint density at radius 3 is 2.54 bits per heavy atom. The van der Waals surface area contributed by atoms with E-state index in [1.165, 1.54) is 5.56 Å². The average molecular weight is 516 g/mol. The number of hydrogen-bond acceptors (Lipinski definition) is 8. The number of anilines is 1. The van der Waals surface area contributed by atoms with Crippen LogP contribution in [0.15, 0.2) is 59.8 Å². The van der Waals surface area contributed by atoms with Crippen LogP contribution in [0.1, 0.15) is 10.6 Å². The third-order valence-corrected chi connectivity index (χ3v) is 6.79. The van der Waals surface area contributed by atoms with Crippen LogP contribution >= 0.6 is 23.1 Å². The molecule has 0 saturated heterocycles. The molecule has 3 aromatic heterocycles. The van der Waals surface area contributed by atoms with E-state index in [2.05, 4.69) is 47.4 Å². The number of carbonyl (C=O) groups excluding carboxylic acids is 1. The smallest absolute Gasteiger partial charge is 0.323 e. The minimum Gasteiger partial charge on any atom is -0.323 e. The molecule has 0 aliphatic carbocycles. The molecule has 0 fully saturated rings. The highest BCUT2D eigenvalue weighted by atomic mass is 32.2. The monoisotopic (exact) mass is 515 g/mol. The molecule has 0 radical (unpaired) electrons. The Kier molecular flexibility index (Phi) is 6.34. The Morgan fingerprint density at radius 1 is 1.00 bits per heavy atom. The van der Waals surface area contributed by atoms with Crippen molar-refractivity contribution in [1.29, 1.82) is 0 Å². The maximum Gasteiger partial charge on any atom is 0.445 e. The minimum absolute atomic E-state index is 0.127. The lowest BCUT2D eigenvalue weighted by Crippen LogP contribution is -2.14. The molecule has 13 heteroatoms. The molecule has 0 unspecified atom stereocenters. The number of aryl methyl sites for hydroxylation is 2. The van der Waals surface area contributed by atoms with Gasteiger partial charge in [0.15, 0.2) is 5.65 Å². The van der Waals surface area contributed by atoms with Gasteiger partial charge in [0.1, 0.15) is 5.52 Å². The highest BCUT2D eigenvalue weighted by Crippen LogP contribution is 2.33. The molecule has 5 rings (SSSR count). The van der Waals surface area contributed by atoms with Crippen molar-refractivity contribution in [2.24, 2.45) is 0 Å². The van der Waals surface area contributed by atoms with E-state index in [4.69, 9.17) is 0 Å². The molecule has 0 atom stereocenters. The average Bonchev–Trinajstić information content (AvgIpc) is 3.45. The molecule has 0 saturated carbocycles. The molecule has 1 N–H and O–H groups in total. The van der Waals surface area contributed by atoms with Gasteiger partial charge in [-0.2, -0.15) is 13.2 Å². The molecule has 3 heterocycles. The van der Waals surface area contributed by atoms with Crippen LogP contribution in [0.5, 0.6) is 0 Å². The van der Waals surface area contributed by atoms with Crippen molar-refractivity contribution in [2.45, 2.75) is 24.3 Å². The number of nitrogens with zero attached hydrogens (tertiary/aromatic N) is 6. The number of hydrogen-bond donors (Lipinski definition) is 1.